The Morgan fingerprint density at radius 1 is 1.40 bits per heavy atom. The van der Waals surface area contributed by atoms with Crippen LogP contribution in [0.2, 0.25) is 0 Å². The van der Waals surface area contributed by atoms with Crippen LogP contribution < -0.4 is 10.1 Å². The van der Waals surface area contributed by atoms with E-state index in [-0.39, 0.29) is 5.75 Å². The van der Waals surface area contributed by atoms with E-state index in [0.29, 0.717) is 17.7 Å². The molecule has 8 heteroatoms. The lowest BCUT2D eigenvalue weighted by molar-refractivity contribution is -0.274. The number of thioether (sulfide) groups is 1. The third-order valence-corrected chi connectivity index (χ3v) is 3.96. The number of carbonyl (C=O) groups is 1. The van der Waals surface area contributed by atoms with Gasteiger partial charge in [-0.05, 0) is 18.2 Å². The van der Waals surface area contributed by atoms with Crippen molar-refractivity contribution in [2.75, 3.05) is 5.75 Å². The summed E-state index contributed by atoms with van der Waals surface area (Å²) in [5, 5.41) is 11.2. The topological polar surface area (TPSA) is 58.6 Å². The summed E-state index contributed by atoms with van der Waals surface area (Å²) >= 11 is 1.36. The van der Waals surface area contributed by atoms with Crippen molar-refractivity contribution in [1.82, 2.24) is 5.32 Å². The van der Waals surface area contributed by atoms with Gasteiger partial charge >= 0.3 is 12.3 Å². The molecule has 2 rings (SSSR count). The van der Waals surface area contributed by atoms with Gasteiger partial charge in [-0.3, -0.25) is 10.1 Å². The van der Waals surface area contributed by atoms with Crippen molar-refractivity contribution in [2.24, 2.45) is 0 Å². The fraction of sp³-hybridized carbons (Fsp3) is 0.417. The van der Waals surface area contributed by atoms with Gasteiger partial charge < -0.3 is 9.84 Å². The summed E-state index contributed by atoms with van der Waals surface area (Å²) in [5.41, 5.74) is 0.292. The first-order valence-corrected chi connectivity index (χ1v) is 6.87. The van der Waals surface area contributed by atoms with Gasteiger partial charge in [-0.15, -0.1) is 24.9 Å². The predicted octanol–water partition coefficient (Wildman–Crippen LogP) is 2.76. The van der Waals surface area contributed by atoms with Gasteiger partial charge in [-0.1, -0.05) is 18.2 Å². The maximum Gasteiger partial charge on any atom is 0.573 e. The lowest BCUT2D eigenvalue weighted by Gasteiger charge is -2.29. The van der Waals surface area contributed by atoms with Crippen LogP contribution in [0.1, 0.15) is 17.4 Å². The molecule has 1 saturated heterocycles. The van der Waals surface area contributed by atoms with E-state index >= 15 is 0 Å². The Morgan fingerprint density at radius 3 is 2.75 bits per heavy atom. The van der Waals surface area contributed by atoms with Gasteiger partial charge in [0.05, 0.1) is 5.37 Å². The summed E-state index contributed by atoms with van der Waals surface area (Å²) < 4.78 is 41.0. The maximum atomic E-state index is 12.3. The molecular formula is C12H12F3NO3S. The normalized spacial score (nSPS) is 23.4. The van der Waals surface area contributed by atoms with Gasteiger partial charge in [0, 0.05) is 5.56 Å². The zero-order chi connectivity index (χ0) is 14.8. The molecule has 1 aliphatic heterocycles. The van der Waals surface area contributed by atoms with E-state index in [9.17, 15) is 18.0 Å². The van der Waals surface area contributed by atoms with Crippen molar-refractivity contribution < 1.29 is 27.8 Å². The summed E-state index contributed by atoms with van der Waals surface area (Å²) in [6.07, 6.45) is -4.35. The molecule has 0 bridgehead atoms. The molecule has 1 aromatic carbocycles. The highest BCUT2D eigenvalue weighted by Gasteiger charge is 2.34. The minimum Gasteiger partial charge on any atom is -0.480 e. The van der Waals surface area contributed by atoms with Crippen LogP contribution in [0.15, 0.2) is 24.3 Å². The van der Waals surface area contributed by atoms with Gasteiger partial charge in [0.25, 0.3) is 0 Å². The van der Waals surface area contributed by atoms with E-state index in [1.165, 1.54) is 30.0 Å². The number of alkyl halides is 3. The average Bonchev–Trinajstić information content (AvgIpc) is 2.37. The number of para-hydroxylation sites is 1. The molecule has 4 nitrogen and oxygen atoms in total. The van der Waals surface area contributed by atoms with Crippen molar-refractivity contribution in [3.8, 4) is 5.75 Å². The molecule has 1 aliphatic rings. The summed E-state index contributed by atoms with van der Waals surface area (Å²) in [4.78, 5) is 11.0. The molecule has 20 heavy (non-hydrogen) atoms. The highest BCUT2D eigenvalue weighted by Crippen LogP contribution is 2.38. The molecule has 1 fully saturated rings. The minimum atomic E-state index is -4.78. The fourth-order valence-electron chi connectivity index (χ4n) is 1.91. The second-order valence-corrected chi connectivity index (χ2v) is 5.40. The van der Waals surface area contributed by atoms with Gasteiger partial charge in [-0.25, -0.2) is 0 Å². The Balaban J connectivity index is 2.21. The number of halogens is 3. The van der Waals surface area contributed by atoms with Crippen molar-refractivity contribution >= 4 is 17.7 Å². The Hall–Kier alpha value is -1.41. The molecule has 0 spiro atoms. The van der Waals surface area contributed by atoms with Crippen molar-refractivity contribution in [3.63, 3.8) is 0 Å². The molecule has 2 atom stereocenters. The zero-order valence-corrected chi connectivity index (χ0v) is 11.0. The Bertz CT molecular complexity index is 495. The lowest BCUT2D eigenvalue weighted by atomic mass is 10.1. The van der Waals surface area contributed by atoms with Gasteiger partial charge in [-0.2, -0.15) is 0 Å². The SMILES string of the molecule is O=C(O)C1CCSC(c2ccccc2OC(F)(F)F)N1. The minimum absolute atomic E-state index is 0.292. The van der Waals surface area contributed by atoms with E-state index in [4.69, 9.17) is 5.11 Å². The number of ether oxygens (including phenoxy) is 1. The number of benzene rings is 1. The van der Waals surface area contributed by atoms with Crippen LogP contribution in [0.3, 0.4) is 0 Å². The van der Waals surface area contributed by atoms with E-state index in [0.717, 1.165) is 0 Å². The van der Waals surface area contributed by atoms with Crippen molar-refractivity contribution in [2.45, 2.75) is 24.2 Å². The molecule has 1 aromatic rings. The van der Waals surface area contributed by atoms with Crippen LogP contribution >= 0.6 is 11.8 Å². The summed E-state index contributed by atoms with van der Waals surface area (Å²) in [6, 6.07) is 4.98. The average molecular weight is 307 g/mol. The largest absolute Gasteiger partial charge is 0.573 e. The molecule has 0 aromatic heterocycles. The molecule has 0 aliphatic carbocycles. The first-order chi connectivity index (χ1) is 9.37. The van der Waals surface area contributed by atoms with Gasteiger partial charge in [0.15, 0.2) is 0 Å². The molecule has 2 unspecified atom stereocenters. The van der Waals surface area contributed by atoms with Crippen LogP contribution in [0.4, 0.5) is 13.2 Å². The van der Waals surface area contributed by atoms with Crippen LogP contribution in [0.25, 0.3) is 0 Å². The fourth-order valence-corrected chi connectivity index (χ4v) is 3.15. The quantitative estimate of drug-likeness (QED) is 0.899. The highest BCUT2D eigenvalue weighted by atomic mass is 32.2. The molecule has 0 saturated carbocycles. The number of aliphatic carboxylic acids is 1. The molecule has 0 amide bonds. The highest BCUT2D eigenvalue weighted by molar-refractivity contribution is 7.99. The predicted molar refractivity (Wildman–Crippen MR) is 67.5 cm³/mol. The third-order valence-electron chi connectivity index (χ3n) is 2.77. The third kappa shape index (κ3) is 3.80. The Kier molecular flexibility index (Phi) is 4.44. The smallest absolute Gasteiger partial charge is 0.480 e. The summed E-state index contributed by atoms with van der Waals surface area (Å²) in [6.45, 7) is 0. The number of hydrogen-bond acceptors (Lipinski definition) is 4. The lowest BCUT2D eigenvalue weighted by Crippen LogP contribution is -2.42. The number of carboxylic acid groups (broad SMARTS) is 1. The number of nitrogens with one attached hydrogen (secondary N) is 1. The molecule has 2 N–H and O–H groups in total. The van der Waals surface area contributed by atoms with Crippen LogP contribution in [0, 0.1) is 0 Å². The van der Waals surface area contributed by atoms with Gasteiger partial charge in [0.2, 0.25) is 0 Å². The second-order valence-electron chi connectivity index (χ2n) is 4.18. The maximum absolute atomic E-state index is 12.3. The van der Waals surface area contributed by atoms with Gasteiger partial charge in [0.1, 0.15) is 11.8 Å². The van der Waals surface area contributed by atoms with E-state index < -0.39 is 23.7 Å². The Labute approximate surface area is 117 Å². The first-order valence-electron chi connectivity index (χ1n) is 5.82. The monoisotopic (exact) mass is 307 g/mol. The number of carboxylic acids is 1. The molecule has 110 valence electrons. The molecule has 0 radical (unpaired) electrons. The first kappa shape index (κ1) is 15.0. The van der Waals surface area contributed by atoms with Crippen molar-refractivity contribution in [1.29, 1.82) is 0 Å². The van der Waals surface area contributed by atoms with E-state index in [1.54, 1.807) is 6.07 Å². The van der Waals surface area contributed by atoms with E-state index in [1.807, 2.05) is 0 Å². The zero-order valence-electron chi connectivity index (χ0n) is 10.2. The van der Waals surface area contributed by atoms with Crippen LogP contribution in [-0.2, 0) is 4.79 Å². The van der Waals surface area contributed by atoms with Crippen LogP contribution in [-0.4, -0.2) is 29.2 Å². The van der Waals surface area contributed by atoms with E-state index in [2.05, 4.69) is 10.1 Å². The number of hydrogen-bond donors (Lipinski definition) is 2. The standard InChI is InChI=1S/C12H12F3NO3S/c13-12(14,15)19-9-4-2-1-3-7(9)10-16-8(11(17)18)5-6-20-10/h1-4,8,10,16H,5-6H2,(H,17,18). The Morgan fingerprint density at radius 2 is 2.10 bits per heavy atom. The second kappa shape index (κ2) is 5.92. The summed E-state index contributed by atoms with van der Waals surface area (Å²) in [7, 11) is 0. The molecular weight excluding hydrogens is 295 g/mol. The van der Waals surface area contributed by atoms with Crippen molar-refractivity contribution in [3.05, 3.63) is 29.8 Å². The molecule has 1 heterocycles. The summed E-state index contributed by atoms with van der Waals surface area (Å²) in [5.74, 6) is -0.768. The van der Waals surface area contributed by atoms with Crippen LogP contribution in [0.5, 0.6) is 5.75 Å². The number of rotatable bonds is 3.